The summed E-state index contributed by atoms with van der Waals surface area (Å²) in [5.41, 5.74) is 4.09. The van der Waals surface area contributed by atoms with Crippen LogP contribution in [0.3, 0.4) is 0 Å². The second-order valence-corrected chi connectivity index (χ2v) is 7.77. The van der Waals surface area contributed by atoms with Crippen LogP contribution < -0.4 is 5.32 Å². The summed E-state index contributed by atoms with van der Waals surface area (Å²) < 4.78 is 13.4. The first-order chi connectivity index (χ1) is 14.6. The van der Waals surface area contributed by atoms with E-state index in [1.807, 2.05) is 19.2 Å². The van der Waals surface area contributed by atoms with Gasteiger partial charge in [0.05, 0.1) is 11.3 Å². The highest BCUT2D eigenvalue weighted by Crippen LogP contribution is 2.19. The Kier molecular flexibility index (Phi) is 6.14. The van der Waals surface area contributed by atoms with Gasteiger partial charge in [-0.15, -0.1) is 0 Å². The Hall–Kier alpha value is -3.12. The zero-order valence-corrected chi connectivity index (χ0v) is 17.0. The molecule has 3 heterocycles. The van der Waals surface area contributed by atoms with E-state index in [0.29, 0.717) is 16.8 Å². The lowest BCUT2D eigenvalue weighted by atomic mass is 10.0. The molecule has 30 heavy (non-hydrogen) atoms. The van der Waals surface area contributed by atoms with E-state index in [-0.39, 0.29) is 17.8 Å². The number of amides is 1. The fourth-order valence-electron chi connectivity index (χ4n) is 3.70. The molecule has 1 fully saturated rings. The molecule has 1 N–H and O–H groups in total. The van der Waals surface area contributed by atoms with Crippen LogP contribution in [0, 0.1) is 12.7 Å². The molecule has 0 radical (unpaired) electrons. The number of likely N-dealkylation sites (tertiary alicyclic amines) is 1. The third kappa shape index (κ3) is 5.07. The zero-order valence-electron chi connectivity index (χ0n) is 17.0. The van der Waals surface area contributed by atoms with Gasteiger partial charge in [0, 0.05) is 49.3 Å². The van der Waals surface area contributed by atoms with Gasteiger partial charge in [-0.1, -0.05) is 18.2 Å². The van der Waals surface area contributed by atoms with Crippen molar-refractivity contribution in [1.29, 1.82) is 0 Å². The monoisotopic (exact) mass is 404 g/mol. The first-order valence-electron chi connectivity index (χ1n) is 10.2. The Labute approximate surface area is 176 Å². The topological polar surface area (TPSA) is 58.1 Å². The van der Waals surface area contributed by atoms with Gasteiger partial charge < -0.3 is 5.32 Å². The highest BCUT2D eigenvalue weighted by molar-refractivity contribution is 5.94. The molecule has 1 aliphatic rings. The van der Waals surface area contributed by atoms with Gasteiger partial charge in [0.25, 0.3) is 5.91 Å². The SMILES string of the molecule is Cc1ccc(CN2CCC(NC(=O)c3ccc(-c4cccc(F)c4)nc3)CC2)cn1. The summed E-state index contributed by atoms with van der Waals surface area (Å²) in [4.78, 5) is 23.7. The van der Waals surface area contributed by atoms with Crippen LogP contribution in [0.1, 0.15) is 34.5 Å². The van der Waals surface area contributed by atoms with Gasteiger partial charge in [-0.2, -0.15) is 0 Å². The zero-order chi connectivity index (χ0) is 20.9. The molecule has 0 bridgehead atoms. The first kappa shape index (κ1) is 20.2. The van der Waals surface area contributed by atoms with Gasteiger partial charge >= 0.3 is 0 Å². The average molecular weight is 404 g/mol. The van der Waals surface area contributed by atoms with Crippen LogP contribution in [-0.2, 0) is 6.54 Å². The summed E-state index contributed by atoms with van der Waals surface area (Å²) >= 11 is 0. The molecular formula is C24H25FN4O. The summed E-state index contributed by atoms with van der Waals surface area (Å²) in [5, 5.41) is 3.12. The molecule has 3 aromatic rings. The summed E-state index contributed by atoms with van der Waals surface area (Å²) in [7, 11) is 0. The molecule has 6 heteroatoms. The Morgan fingerprint density at radius 2 is 1.93 bits per heavy atom. The van der Waals surface area contributed by atoms with E-state index < -0.39 is 0 Å². The van der Waals surface area contributed by atoms with Crippen molar-refractivity contribution in [2.24, 2.45) is 0 Å². The van der Waals surface area contributed by atoms with Gasteiger partial charge in [0.1, 0.15) is 5.82 Å². The fraction of sp³-hybridized carbons (Fsp3) is 0.292. The molecule has 2 aromatic heterocycles. The van der Waals surface area contributed by atoms with Crippen LogP contribution in [0.15, 0.2) is 60.9 Å². The van der Waals surface area contributed by atoms with Crippen molar-refractivity contribution >= 4 is 5.91 Å². The number of hydrogen-bond donors (Lipinski definition) is 1. The Bertz CT molecular complexity index is 996. The van der Waals surface area contributed by atoms with E-state index in [1.165, 1.54) is 17.7 Å². The van der Waals surface area contributed by atoms with Gasteiger partial charge in [0.2, 0.25) is 0 Å². The quantitative estimate of drug-likeness (QED) is 0.699. The molecule has 0 unspecified atom stereocenters. The third-order valence-corrected chi connectivity index (χ3v) is 5.45. The molecule has 0 spiro atoms. The van der Waals surface area contributed by atoms with Crippen molar-refractivity contribution in [1.82, 2.24) is 20.2 Å². The smallest absolute Gasteiger partial charge is 0.253 e. The number of aryl methyl sites for hydroxylation is 1. The van der Waals surface area contributed by atoms with Crippen molar-refractivity contribution in [3.8, 4) is 11.3 Å². The number of piperidine rings is 1. The van der Waals surface area contributed by atoms with Crippen LogP contribution in [0.4, 0.5) is 4.39 Å². The van der Waals surface area contributed by atoms with E-state index >= 15 is 0 Å². The normalized spacial score (nSPS) is 15.1. The number of nitrogens with one attached hydrogen (secondary N) is 1. The summed E-state index contributed by atoms with van der Waals surface area (Å²) in [6.45, 7) is 4.76. The number of carbonyl (C=O) groups is 1. The predicted octanol–water partition coefficient (Wildman–Crippen LogP) is 3.99. The minimum absolute atomic E-state index is 0.116. The maximum absolute atomic E-state index is 13.4. The number of pyridine rings is 2. The van der Waals surface area contributed by atoms with E-state index in [1.54, 1.807) is 30.5 Å². The summed E-state index contributed by atoms with van der Waals surface area (Å²) in [6, 6.07) is 14.1. The minimum Gasteiger partial charge on any atom is -0.349 e. The number of aromatic nitrogens is 2. The van der Waals surface area contributed by atoms with Gasteiger partial charge in [-0.25, -0.2) is 4.39 Å². The Balaban J connectivity index is 1.29. The standard InChI is InChI=1S/C24H25FN4O/c1-17-5-6-18(14-26-17)16-29-11-9-22(10-12-29)28-24(30)20-7-8-23(27-15-20)19-3-2-4-21(25)13-19/h2-8,13-15,22H,9-12,16H2,1H3,(H,28,30). The lowest BCUT2D eigenvalue weighted by Gasteiger charge is -2.32. The van der Waals surface area contributed by atoms with Crippen LogP contribution in [0.25, 0.3) is 11.3 Å². The van der Waals surface area contributed by atoms with Crippen LogP contribution in [0.5, 0.6) is 0 Å². The van der Waals surface area contributed by atoms with Crippen molar-refractivity contribution in [2.45, 2.75) is 32.4 Å². The maximum atomic E-state index is 13.4. The number of carbonyl (C=O) groups excluding carboxylic acids is 1. The lowest BCUT2D eigenvalue weighted by molar-refractivity contribution is 0.0908. The number of benzene rings is 1. The van der Waals surface area contributed by atoms with Gasteiger partial charge in [0.15, 0.2) is 0 Å². The molecule has 0 aliphatic carbocycles. The summed E-state index contributed by atoms with van der Waals surface area (Å²) in [5.74, 6) is -0.421. The second-order valence-electron chi connectivity index (χ2n) is 7.77. The second kappa shape index (κ2) is 9.13. The van der Waals surface area contributed by atoms with Crippen LogP contribution in [0.2, 0.25) is 0 Å². The molecular weight excluding hydrogens is 379 g/mol. The number of nitrogens with zero attached hydrogens (tertiary/aromatic N) is 3. The van der Waals surface area contributed by atoms with Crippen molar-refractivity contribution in [3.63, 3.8) is 0 Å². The van der Waals surface area contributed by atoms with Gasteiger partial charge in [-0.3, -0.25) is 19.7 Å². The molecule has 1 aromatic carbocycles. The molecule has 1 aliphatic heterocycles. The average Bonchev–Trinajstić information content (AvgIpc) is 2.77. The summed E-state index contributed by atoms with van der Waals surface area (Å²) in [6.07, 6.45) is 5.32. The Morgan fingerprint density at radius 1 is 1.10 bits per heavy atom. The van der Waals surface area contributed by atoms with Gasteiger partial charge in [-0.05, 0) is 55.7 Å². The molecule has 1 saturated heterocycles. The highest BCUT2D eigenvalue weighted by Gasteiger charge is 2.21. The first-order valence-corrected chi connectivity index (χ1v) is 10.2. The number of hydrogen-bond acceptors (Lipinski definition) is 4. The Morgan fingerprint density at radius 3 is 2.60 bits per heavy atom. The highest BCUT2D eigenvalue weighted by atomic mass is 19.1. The molecule has 1 amide bonds. The van der Waals surface area contributed by atoms with Crippen LogP contribution >= 0.6 is 0 Å². The van der Waals surface area contributed by atoms with Crippen molar-refractivity contribution < 1.29 is 9.18 Å². The lowest BCUT2D eigenvalue weighted by Crippen LogP contribution is -2.44. The minimum atomic E-state index is -0.305. The van der Waals surface area contributed by atoms with E-state index in [9.17, 15) is 9.18 Å². The fourth-order valence-corrected chi connectivity index (χ4v) is 3.70. The molecule has 154 valence electrons. The van der Waals surface area contributed by atoms with E-state index in [2.05, 4.69) is 26.3 Å². The number of halogens is 1. The van der Waals surface area contributed by atoms with Crippen LogP contribution in [-0.4, -0.2) is 39.9 Å². The molecule has 5 nitrogen and oxygen atoms in total. The van der Waals surface area contributed by atoms with E-state index in [0.717, 1.165) is 38.2 Å². The predicted molar refractivity (Wildman–Crippen MR) is 114 cm³/mol. The molecule has 0 atom stereocenters. The molecule has 4 rings (SSSR count). The molecule has 0 saturated carbocycles. The maximum Gasteiger partial charge on any atom is 0.253 e. The number of rotatable bonds is 5. The third-order valence-electron chi connectivity index (χ3n) is 5.45. The van der Waals surface area contributed by atoms with Crippen molar-refractivity contribution in [2.75, 3.05) is 13.1 Å². The largest absolute Gasteiger partial charge is 0.349 e. The van der Waals surface area contributed by atoms with E-state index in [4.69, 9.17) is 0 Å². The van der Waals surface area contributed by atoms with Crippen molar-refractivity contribution in [3.05, 3.63) is 83.6 Å².